The van der Waals surface area contributed by atoms with Gasteiger partial charge < -0.3 is 14.2 Å². The Balaban J connectivity index is 0.000000205. The van der Waals surface area contributed by atoms with Crippen molar-refractivity contribution in [3.8, 4) is 28.1 Å². The van der Waals surface area contributed by atoms with Gasteiger partial charge >= 0.3 is 0 Å². The first-order chi connectivity index (χ1) is 24.7. The molecule has 5 aromatic carbocycles. The van der Waals surface area contributed by atoms with Gasteiger partial charge in [0.25, 0.3) is 0 Å². The molecule has 0 radical (unpaired) electrons. The van der Waals surface area contributed by atoms with Crippen LogP contribution < -0.4 is 9.88 Å². The lowest BCUT2D eigenvalue weighted by Gasteiger charge is -2.17. The van der Waals surface area contributed by atoms with Crippen molar-refractivity contribution in [2.45, 2.75) is 18.2 Å². The van der Waals surface area contributed by atoms with Crippen molar-refractivity contribution in [2.24, 2.45) is 5.14 Å². The molecular formula is C42H42ClN3O4S. The number of hydrogen-bond donors (Lipinski definition) is 1. The van der Waals surface area contributed by atoms with Gasteiger partial charge in [-0.15, -0.1) is 11.6 Å². The average Bonchev–Trinajstić information content (AvgIpc) is 3.54. The second kappa shape index (κ2) is 17.8. The SMILES string of the molecule is CN(C)CCOc1ccc(/C(=C(/CCCl)c2ccccc2)c2ccccc2)cc1.Cc1onc(-c2ccccc2)c1-c1ccc(S(N)(=O)=O)cc1. The van der Waals surface area contributed by atoms with Crippen LogP contribution in [0.4, 0.5) is 0 Å². The number of sulfonamides is 1. The van der Waals surface area contributed by atoms with Gasteiger partial charge in [0, 0.05) is 18.0 Å². The van der Waals surface area contributed by atoms with E-state index in [9.17, 15) is 8.42 Å². The van der Waals surface area contributed by atoms with Crippen LogP contribution >= 0.6 is 11.6 Å². The van der Waals surface area contributed by atoms with Crippen LogP contribution in [0, 0.1) is 6.92 Å². The fourth-order valence-electron chi connectivity index (χ4n) is 5.65. The summed E-state index contributed by atoms with van der Waals surface area (Å²) in [4.78, 5) is 2.19. The van der Waals surface area contributed by atoms with Crippen molar-refractivity contribution in [3.63, 3.8) is 0 Å². The fourth-order valence-corrected chi connectivity index (χ4v) is 6.35. The monoisotopic (exact) mass is 719 g/mol. The van der Waals surface area contributed by atoms with E-state index in [1.807, 2.05) is 63.5 Å². The lowest BCUT2D eigenvalue weighted by atomic mass is 9.88. The van der Waals surface area contributed by atoms with Crippen LogP contribution in [0.5, 0.6) is 5.75 Å². The molecule has 0 bridgehead atoms. The Morgan fingerprint density at radius 1 is 0.745 bits per heavy atom. The molecule has 6 rings (SSSR count). The number of nitrogens with two attached hydrogens (primary N) is 1. The Labute approximate surface area is 306 Å². The summed E-state index contributed by atoms with van der Waals surface area (Å²) in [5, 5.41) is 9.23. The molecule has 1 aromatic heterocycles. The third-order valence-electron chi connectivity index (χ3n) is 8.16. The van der Waals surface area contributed by atoms with Gasteiger partial charge in [-0.25, -0.2) is 13.6 Å². The summed E-state index contributed by atoms with van der Waals surface area (Å²) < 4.78 is 33.8. The first kappa shape index (κ1) is 37.3. The first-order valence-electron chi connectivity index (χ1n) is 16.6. The fraction of sp³-hybridized carbons (Fsp3) is 0.167. The number of primary sulfonamides is 1. The summed E-state index contributed by atoms with van der Waals surface area (Å²) in [5.74, 6) is 2.13. The van der Waals surface area contributed by atoms with Gasteiger partial charge in [0.15, 0.2) is 0 Å². The highest BCUT2D eigenvalue weighted by molar-refractivity contribution is 7.89. The molecule has 0 aliphatic heterocycles. The lowest BCUT2D eigenvalue weighted by molar-refractivity contribution is 0.261. The third-order valence-corrected chi connectivity index (χ3v) is 9.28. The highest BCUT2D eigenvalue weighted by Crippen LogP contribution is 2.36. The number of hydrogen-bond acceptors (Lipinski definition) is 6. The molecule has 1 heterocycles. The van der Waals surface area contributed by atoms with E-state index in [2.05, 4.69) is 82.9 Å². The smallest absolute Gasteiger partial charge is 0.238 e. The van der Waals surface area contributed by atoms with Gasteiger partial charge in [0.05, 0.1) is 10.5 Å². The maximum atomic E-state index is 11.3. The molecule has 0 spiro atoms. The number of aromatic nitrogens is 1. The molecule has 0 saturated carbocycles. The molecule has 51 heavy (non-hydrogen) atoms. The van der Waals surface area contributed by atoms with Gasteiger partial charge in [0.2, 0.25) is 10.0 Å². The molecule has 0 saturated heterocycles. The lowest BCUT2D eigenvalue weighted by Crippen LogP contribution is -2.19. The quantitative estimate of drug-likeness (QED) is 0.100. The Hall–Kier alpha value is -4.99. The minimum atomic E-state index is -3.70. The summed E-state index contributed by atoms with van der Waals surface area (Å²) in [6, 6.07) is 45.5. The second-order valence-electron chi connectivity index (χ2n) is 12.1. The Bertz CT molecular complexity index is 2120. The number of benzene rings is 5. The number of allylic oxidation sites excluding steroid dienone is 1. The molecular weight excluding hydrogens is 678 g/mol. The molecule has 7 nitrogen and oxygen atoms in total. The number of ether oxygens (including phenoxy) is 1. The highest BCUT2D eigenvalue weighted by Gasteiger charge is 2.18. The minimum Gasteiger partial charge on any atom is -0.492 e. The van der Waals surface area contributed by atoms with Gasteiger partial charge in [-0.3, -0.25) is 0 Å². The summed E-state index contributed by atoms with van der Waals surface area (Å²) in [6.45, 7) is 3.39. The average molecular weight is 720 g/mol. The summed E-state index contributed by atoms with van der Waals surface area (Å²) in [6.07, 6.45) is 0.802. The normalized spacial score (nSPS) is 11.8. The van der Waals surface area contributed by atoms with E-state index in [0.29, 0.717) is 18.2 Å². The molecule has 0 unspecified atom stereocenters. The Morgan fingerprint density at radius 3 is 1.84 bits per heavy atom. The maximum Gasteiger partial charge on any atom is 0.238 e. The summed E-state index contributed by atoms with van der Waals surface area (Å²) >= 11 is 6.21. The van der Waals surface area contributed by atoms with E-state index in [0.717, 1.165) is 41.1 Å². The largest absolute Gasteiger partial charge is 0.492 e. The minimum absolute atomic E-state index is 0.0756. The zero-order valence-corrected chi connectivity index (χ0v) is 30.6. The molecule has 262 valence electrons. The van der Waals surface area contributed by atoms with Gasteiger partial charge in [0.1, 0.15) is 23.8 Å². The van der Waals surface area contributed by atoms with Crippen molar-refractivity contribution < 1.29 is 17.7 Å². The van der Waals surface area contributed by atoms with Gasteiger partial charge in [-0.1, -0.05) is 120 Å². The Morgan fingerprint density at radius 2 is 1.29 bits per heavy atom. The number of alkyl halides is 1. The van der Waals surface area contributed by atoms with Crippen LogP contribution in [0.2, 0.25) is 0 Å². The summed E-state index contributed by atoms with van der Waals surface area (Å²) in [5.41, 5.74) is 9.37. The number of likely N-dealkylation sites (N-methyl/N-ethyl adjacent to an activating group) is 1. The van der Waals surface area contributed by atoms with Crippen molar-refractivity contribution >= 4 is 32.8 Å². The second-order valence-corrected chi connectivity index (χ2v) is 14.0. The predicted molar refractivity (Wildman–Crippen MR) is 208 cm³/mol. The van der Waals surface area contributed by atoms with E-state index >= 15 is 0 Å². The number of aryl methyl sites for hydroxylation is 1. The Kier molecular flexibility index (Phi) is 13.0. The van der Waals surface area contributed by atoms with Crippen molar-refractivity contribution in [2.75, 3.05) is 33.1 Å². The zero-order valence-electron chi connectivity index (χ0n) is 29.0. The molecule has 0 aliphatic rings. The van der Waals surface area contributed by atoms with Crippen LogP contribution in [-0.2, 0) is 10.0 Å². The van der Waals surface area contributed by atoms with E-state index in [1.54, 1.807) is 12.1 Å². The van der Waals surface area contributed by atoms with Crippen LogP contribution in [0.1, 0.15) is 28.9 Å². The third kappa shape index (κ3) is 10.1. The first-order valence-corrected chi connectivity index (χ1v) is 18.7. The van der Waals surface area contributed by atoms with Crippen LogP contribution in [0.15, 0.2) is 149 Å². The van der Waals surface area contributed by atoms with Gasteiger partial charge in [-0.2, -0.15) is 0 Å². The predicted octanol–water partition coefficient (Wildman–Crippen LogP) is 9.18. The molecule has 2 N–H and O–H groups in total. The molecule has 9 heteroatoms. The standard InChI is InChI=1S/C26H28ClNO.C16H14N2O3S/c1-28(2)19-20-29-24-15-13-23(14-16-24)26(22-11-7-4-8-12-22)25(17-18-27)21-9-5-3-6-10-21;1-11-15(12-7-9-14(10-8-12)22(17,19)20)16(18-21-11)13-5-3-2-4-6-13/h3-16H,17-20H2,1-2H3;2-10H,1H3,(H2,17,19,20)/b26-25-;. The topological polar surface area (TPSA) is 98.7 Å². The van der Waals surface area contributed by atoms with Crippen LogP contribution in [-0.4, -0.2) is 51.6 Å². The number of rotatable bonds is 12. The molecule has 0 amide bonds. The number of halogens is 1. The van der Waals surface area contributed by atoms with E-state index < -0.39 is 10.0 Å². The van der Waals surface area contributed by atoms with E-state index in [-0.39, 0.29) is 4.90 Å². The van der Waals surface area contributed by atoms with E-state index in [1.165, 1.54) is 40.0 Å². The van der Waals surface area contributed by atoms with Gasteiger partial charge in [-0.05, 0) is 85.1 Å². The van der Waals surface area contributed by atoms with Crippen molar-refractivity contribution in [3.05, 3.63) is 162 Å². The molecule has 0 atom stereocenters. The number of nitrogens with zero attached hydrogens (tertiary/aromatic N) is 2. The van der Waals surface area contributed by atoms with E-state index in [4.69, 9.17) is 26.0 Å². The zero-order chi connectivity index (χ0) is 36.2. The van der Waals surface area contributed by atoms with Crippen molar-refractivity contribution in [1.82, 2.24) is 10.1 Å². The molecule has 0 aliphatic carbocycles. The van der Waals surface area contributed by atoms with Crippen molar-refractivity contribution in [1.29, 1.82) is 0 Å². The highest BCUT2D eigenvalue weighted by atomic mass is 35.5. The van der Waals surface area contributed by atoms with Crippen LogP contribution in [0.25, 0.3) is 33.5 Å². The summed E-state index contributed by atoms with van der Waals surface area (Å²) in [7, 11) is 0.394. The maximum absolute atomic E-state index is 11.3. The van der Waals surface area contributed by atoms with Crippen LogP contribution in [0.3, 0.4) is 0 Å². The molecule has 6 aromatic rings. The molecule has 0 fully saturated rings.